The summed E-state index contributed by atoms with van der Waals surface area (Å²) in [5, 5.41) is 14.6. The molecule has 1 aromatic heterocycles. The Morgan fingerprint density at radius 1 is 1.12 bits per heavy atom. The first kappa shape index (κ1) is 23.5. The fourth-order valence-electron chi connectivity index (χ4n) is 3.14. The molecule has 0 saturated heterocycles. The average Bonchev–Trinajstić information content (AvgIpc) is 3.11. The van der Waals surface area contributed by atoms with Crippen LogP contribution in [0.5, 0.6) is 0 Å². The van der Waals surface area contributed by atoms with E-state index < -0.39 is 5.82 Å². The van der Waals surface area contributed by atoms with Crippen molar-refractivity contribution in [2.24, 2.45) is 13.0 Å². The minimum absolute atomic E-state index is 0.0440. The second kappa shape index (κ2) is 10.4. The molecule has 0 fully saturated rings. The molecule has 2 N–H and O–H groups in total. The molecule has 2 amide bonds. The van der Waals surface area contributed by atoms with Crippen molar-refractivity contribution < 1.29 is 14.0 Å². The van der Waals surface area contributed by atoms with E-state index in [9.17, 15) is 14.0 Å². The summed E-state index contributed by atoms with van der Waals surface area (Å²) >= 11 is 1.19. The number of nitrogens with one attached hydrogen (secondary N) is 2. The summed E-state index contributed by atoms with van der Waals surface area (Å²) in [4.78, 5) is 25.0. The predicted molar refractivity (Wildman–Crippen MR) is 123 cm³/mol. The van der Waals surface area contributed by atoms with Crippen LogP contribution in [0.15, 0.2) is 53.7 Å². The standard InChI is InChI=1S/C23H26FN5O2S/c1-14(2)20(26-22(31)16-9-7-8-15(3)12-16)21-27-28-23(29(21)4)32-13-19(30)25-18-11-6-5-10-17(18)24/h5-12,14,20H,13H2,1-4H3,(H,25,30)(H,26,31)/t20-/m1/s1. The van der Waals surface area contributed by atoms with Crippen molar-refractivity contribution in [1.82, 2.24) is 20.1 Å². The second-order valence-corrected chi connectivity index (χ2v) is 8.72. The van der Waals surface area contributed by atoms with Crippen molar-refractivity contribution >= 4 is 29.3 Å². The topological polar surface area (TPSA) is 88.9 Å². The summed E-state index contributed by atoms with van der Waals surface area (Å²) in [6, 6.07) is 13.0. The first-order valence-electron chi connectivity index (χ1n) is 10.2. The molecule has 0 aliphatic heterocycles. The highest BCUT2D eigenvalue weighted by molar-refractivity contribution is 7.99. The largest absolute Gasteiger partial charge is 0.342 e. The Hall–Kier alpha value is -3.20. The normalized spacial score (nSPS) is 11.9. The van der Waals surface area contributed by atoms with E-state index in [1.54, 1.807) is 29.8 Å². The van der Waals surface area contributed by atoms with Crippen molar-refractivity contribution in [3.8, 4) is 0 Å². The highest BCUT2D eigenvalue weighted by Gasteiger charge is 2.25. The summed E-state index contributed by atoms with van der Waals surface area (Å²) in [6.45, 7) is 5.92. The van der Waals surface area contributed by atoms with Crippen LogP contribution in [0.1, 0.15) is 41.6 Å². The Morgan fingerprint density at radius 3 is 2.56 bits per heavy atom. The lowest BCUT2D eigenvalue weighted by molar-refractivity contribution is -0.113. The first-order chi connectivity index (χ1) is 15.3. The molecule has 0 saturated carbocycles. The van der Waals surface area contributed by atoms with Crippen LogP contribution in [0.2, 0.25) is 0 Å². The van der Waals surface area contributed by atoms with Crippen molar-refractivity contribution in [2.45, 2.75) is 32.0 Å². The van der Waals surface area contributed by atoms with Gasteiger partial charge >= 0.3 is 0 Å². The Kier molecular flexibility index (Phi) is 7.63. The van der Waals surface area contributed by atoms with Crippen molar-refractivity contribution in [2.75, 3.05) is 11.1 Å². The molecule has 0 bridgehead atoms. The molecule has 3 rings (SSSR count). The molecule has 7 nitrogen and oxygen atoms in total. The maximum Gasteiger partial charge on any atom is 0.251 e. The lowest BCUT2D eigenvalue weighted by atomic mass is 10.0. The summed E-state index contributed by atoms with van der Waals surface area (Å²) in [5.74, 6) is -0.322. The van der Waals surface area contributed by atoms with E-state index in [1.807, 2.05) is 39.0 Å². The molecule has 2 aromatic carbocycles. The van der Waals surface area contributed by atoms with E-state index in [2.05, 4.69) is 20.8 Å². The monoisotopic (exact) mass is 455 g/mol. The number of para-hydroxylation sites is 1. The number of carbonyl (C=O) groups excluding carboxylic acids is 2. The smallest absolute Gasteiger partial charge is 0.251 e. The molecule has 0 unspecified atom stereocenters. The summed E-state index contributed by atoms with van der Waals surface area (Å²) in [5.41, 5.74) is 1.72. The van der Waals surface area contributed by atoms with Gasteiger partial charge < -0.3 is 15.2 Å². The highest BCUT2D eigenvalue weighted by atomic mass is 32.2. The van der Waals surface area contributed by atoms with Crippen molar-refractivity contribution in [3.05, 3.63) is 71.3 Å². The van der Waals surface area contributed by atoms with Crippen LogP contribution in [0, 0.1) is 18.7 Å². The zero-order valence-corrected chi connectivity index (χ0v) is 19.2. The van der Waals surface area contributed by atoms with Crippen molar-refractivity contribution in [1.29, 1.82) is 0 Å². The second-order valence-electron chi connectivity index (χ2n) is 7.78. The van der Waals surface area contributed by atoms with Crippen LogP contribution in [-0.4, -0.2) is 32.3 Å². The zero-order valence-electron chi connectivity index (χ0n) is 18.4. The minimum atomic E-state index is -0.490. The number of halogens is 1. The molecule has 9 heteroatoms. The third-order valence-electron chi connectivity index (χ3n) is 4.86. The van der Waals surface area contributed by atoms with Gasteiger partial charge in [-0.2, -0.15) is 0 Å². The number of hydrogen-bond acceptors (Lipinski definition) is 5. The van der Waals surface area contributed by atoms with Crippen LogP contribution in [0.3, 0.4) is 0 Å². The molecule has 1 heterocycles. The average molecular weight is 456 g/mol. The fraction of sp³-hybridized carbons (Fsp3) is 0.304. The van der Waals surface area contributed by atoms with Gasteiger partial charge in [-0.15, -0.1) is 10.2 Å². The maximum atomic E-state index is 13.7. The molecular weight excluding hydrogens is 429 g/mol. The fourth-order valence-corrected chi connectivity index (χ4v) is 3.86. The van der Waals surface area contributed by atoms with Crippen LogP contribution < -0.4 is 10.6 Å². The third kappa shape index (κ3) is 5.73. The third-order valence-corrected chi connectivity index (χ3v) is 5.88. The molecule has 0 aliphatic rings. The maximum absolute atomic E-state index is 13.7. The summed E-state index contributed by atoms with van der Waals surface area (Å²) in [7, 11) is 1.79. The number of carbonyl (C=O) groups is 2. The summed E-state index contributed by atoms with van der Waals surface area (Å²) in [6.07, 6.45) is 0. The lowest BCUT2D eigenvalue weighted by Gasteiger charge is -2.21. The van der Waals surface area contributed by atoms with Crippen molar-refractivity contribution in [3.63, 3.8) is 0 Å². The first-order valence-corrected chi connectivity index (χ1v) is 11.2. The van der Waals surface area contributed by atoms with Gasteiger partial charge in [0.05, 0.1) is 17.5 Å². The Bertz CT molecular complexity index is 1120. The number of anilines is 1. The van der Waals surface area contributed by atoms with E-state index in [4.69, 9.17) is 0 Å². The van der Waals surface area contributed by atoms with Gasteiger partial charge in [0.1, 0.15) is 5.82 Å². The number of nitrogens with zero attached hydrogens (tertiary/aromatic N) is 3. The Labute approximate surface area is 190 Å². The molecule has 1 atom stereocenters. The summed E-state index contributed by atoms with van der Waals surface area (Å²) < 4.78 is 15.5. The van der Waals surface area contributed by atoms with E-state index in [1.165, 1.54) is 23.9 Å². The molecule has 32 heavy (non-hydrogen) atoms. The van der Waals surface area contributed by atoms with Crippen LogP contribution in [0.25, 0.3) is 0 Å². The van der Waals surface area contributed by atoms with Gasteiger partial charge in [-0.05, 0) is 37.1 Å². The SMILES string of the molecule is Cc1cccc(C(=O)N[C@@H](c2nnc(SCC(=O)Nc3ccccc3F)n2C)C(C)C)c1. The number of amides is 2. The molecule has 0 spiro atoms. The van der Waals surface area contributed by atoms with Crippen LogP contribution in [-0.2, 0) is 11.8 Å². The number of rotatable bonds is 8. The van der Waals surface area contributed by atoms with E-state index in [0.29, 0.717) is 16.5 Å². The van der Waals surface area contributed by atoms with E-state index in [0.717, 1.165) is 5.56 Å². The van der Waals surface area contributed by atoms with Crippen LogP contribution >= 0.6 is 11.8 Å². The van der Waals surface area contributed by atoms with Crippen LogP contribution in [0.4, 0.5) is 10.1 Å². The van der Waals surface area contributed by atoms with Gasteiger partial charge in [0.15, 0.2) is 11.0 Å². The van der Waals surface area contributed by atoms with Gasteiger partial charge in [-0.25, -0.2) is 4.39 Å². The van der Waals surface area contributed by atoms with Gasteiger partial charge in [0.2, 0.25) is 5.91 Å². The Balaban J connectivity index is 1.67. The number of aromatic nitrogens is 3. The van der Waals surface area contributed by atoms with Gasteiger partial charge in [-0.3, -0.25) is 9.59 Å². The number of hydrogen-bond donors (Lipinski definition) is 2. The minimum Gasteiger partial charge on any atom is -0.342 e. The molecule has 168 valence electrons. The van der Waals surface area contributed by atoms with E-state index >= 15 is 0 Å². The quantitative estimate of drug-likeness (QED) is 0.499. The molecule has 0 aliphatic carbocycles. The number of benzene rings is 2. The number of aryl methyl sites for hydroxylation is 1. The molecule has 0 radical (unpaired) electrons. The Morgan fingerprint density at radius 2 is 1.88 bits per heavy atom. The molecular formula is C23H26FN5O2S. The highest BCUT2D eigenvalue weighted by Crippen LogP contribution is 2.25. The molecule has 3 aromatic rings. The van der Waals surface area contributed by atoms with E-state index in [-0.39, 0.29) is 35.2 Å². The predicted octanol–water partition coefficient (Wildman–Crippen LogP) is 4.12. The zero-order chi connectivity index (χ0) is 23.3. The number of thioether (sulfide) groups is 1. The van der Waals surface area contributed by atoms with Gasteiger partial charge in [0.25, 0.3) is 5.91 Å². The van der Waals surface area contributed by atoms with Gasteiger partial charge in [0, 0.05) is 12.6 Å². The van der Waals surface area contributed by atoms with Gasteiger partial charge in [-0.1, -0.05) is 55.4 Å². The lowest BCUT2D eigenvalue weighted by Crippen LogP contribution is -2.33.